The fourth-order valence-corrected chi connectivity index (χ4v) is 1.87. The molecule has 0 amide bonds. The maximum atomic E-state index is 12.2. The number of aromatic nitrogens is 1. The van der Waals surface area contributed by atoms with Gasteiger partial charge in [-0.15, -0.1) is 0 Å². The number of rotatable bonds is 2. The zero-order chi connectivity index (χ0) is 13.2. The Balaban J connectivity index is 2.11. The van der Waals surface area contributed by atoms with E-state index in [2.05, 4.69) is 4.98 Å². The molecule has 92 valence electrons. The minimum absolute atomic E-state index is 0.109. The Morgan fingerprint density at radius 2 is 1.79 bits per heavy atom. The van der Waals surface area contributed by atoms with Crippen molar-refractivity contribution < 1.29 is 9.21 Å². The third-order valence-electron chi connectivity index (χ3n) is 2.82. The van der Waals surface area contributed by atoms with Crippen LogP contribution in [0.15, 0.2) is 63.9 Å². The highest BCUT2D eigenvalue weighted by Gasteiger charge is 2.10. The number of carbonyl (C=O) groups is 1. The van der Waals surface area contributed by atoms with Gasteiger partial charge in [-0.2, -0.15) is 4.98 Å². The fraction of sp³-hybridized carbons (Fsp3) is 0. The summed E-state index contributed by atoms with van der Waals surface area (Å²) >= 11 is 0. The molecule has 0 aliphatic heterocycles. The van der Waals surface area contributed by atoms with Crippen LogP contribution in [0.25, 0.3) is 11.0 Å². The maximum absolute atomic E-state index is 12.2. The topological polar surface area (TPSA) is 60.2 Å². The van der Waals surface area contributed by atoms with E-state index in [1.807, 2.05) is 6.07 Å². The Hall–Kier alpha value is -2.75. The summed E-state index contributed by atoms with van der Waals surface area (Å²) in [4.78, 5) is 26.8. The molecule has 0 saturated carbocycles. The second-order valence-electron chi connectivity index (χ2n) is 4.07. The number of benzene rings is 2. The molecule has 2 aromatic carbocycles. The molecule has 4 nitrogen and oxygen atoms in total. The van der Waals surface area contributed by atoms with E-state index in [-0.39, 0.29) is 5.78 Å². The van der Waals surface area contributed by atoms with E-state index in [1.165, 1.54) is 6.20 Å². The van der Waals surface area contributed by atoms with E-state index in [1.54, 1.807) is 42.5 Å². The lowest BCUT2D eigenvalue weighted by Gasteiger charge is -2.02. The Morgan fingerprint density at radius 3 is 2.58 bits per heavy atom. The zero-order valence-electron chi connectivity index (χ0n) is 9.87. The lowest BCUT2D eigenvalue weighted by molar-refractivity contribution is 0.103. The molecule has 0 aliphatic rings. The summed E-state index contributed by atoms with van der Waals surface area (Å²) in [5, 5.41) is 0.684. The molecule has 3 aromatic rings. The molecule has 1 heterocycles. The molecule has 0 spiro atoms. The summed E-state index contributed by atoms with van der Waals surface area (Å²) in [6.07, 6.45) is 1.43. The van der Waals surface area contributed by atoms with Crippen LogP contribution in [-0.2, 0) is 0 Å². The molecule has 0 saturated heterocycles. The van der Waals surface area contributed by atoms with Gasteiger partial charge in [0.1, 0.15) is 5.58 Å². The largest absolute Gasteiger partial charge is 0.439 e. The summed E-state index contributed by atoms with van der Waals surface area (Å²) in [6, 6.07) is 13.9. The first-order valence-electron chi connectivity index (χ1n) is 5.74. The van der Waals surface area contributed by atoms with E-state index in [9.17, 15) is 9.59 Å². The van der Waals surface area contributed by atoms with Crippen molar-refractivity contribution in [2.45, 2.75) is 0 Å². The lowest BCUT2D eigenvalue weighted by atomic mass is 10.0. The van der Waals surface area contributed by atoms with Gasteiger partial charge in [0, 0.05) is 22.7 Å². The van der Waals surface area contributed by atoms with Gasteiger partial charge < -0.3 is 4.42 Å². The third-order valence-corrected chi connectivity index (χ3v) is 2.82. The molecular formula is C15H9NO3. The van der Waals surface area contributed by atoms with E-state index in [4.69, 9.17) is 4.42 Å². The molecule has 0 fully saturated rings. The van der Waals surface area contributed by atoms with Crippen molar-refractivity contribution in [3.63, 3.8) is 0 Å². The van der Waals surface area contributed by atoms with Gasteiger partial charge in [-0.1, -0.05) is 36.4 Å². The van der Waals surface area contributed by atoms with E-state index in [0.717, 1.165) is 0 Å². The standard InChI is InChI=1S/C15H9NO3/c17-14(10-4-2-1-3-5-10)11-6-7-12-9-16-15(18)19-13(12)8-11/h1-9H. The predicted octanol–water partition coefficient (Wildman–Crippen LogP) is 2.42. The minimum atomic E-state index is -0.670. The summed E-state index contributed by atoms with van der Waals surface area (Å²) in [5.41, 5.74) is 1.44. The van der Waals surface area contributed by atoms with Crippen LogP contribution in [0.2, 0.25) is 0 Å². The maximum Gasteiger partial charge on any atom is 0.439 e. The smallest absolute Gasteiger partial charge is 0.408 e. The van der Waals surface area contributed by atoms with Gasteiger partial charge in [-0.05, 0) is 12.1 Å². The van der Waals surface area contributed by atoms with Gasteiger partial charge in [-0.25, -0.2) is 4.79 Å². The van der Waals surface area contributed by atoms with E-state index < -0.39 is 5.76 Å². The van der Waals surface area contributed by atoms with Crippen LogP contribution >= 0.6 is 0 Å². The monoisotopic (exact) mass is 251 g/mol. The average Bonchev–Trinajstić information content (AvgIpc) is 2.46. The first-order chi connectivity index (χ1) is 9.24. The van der Waals surface area contributed by atoms with Crippen LogP contribution in [0.4, 0.5) is 0 Å². The Kier molecular flexibility index (Phi) is 2.68. The quantitative estimate of drug-likeness (QED) is 0.656. The average molecular weight is 251 g/mol. The van der Waals surface area contributed by atoms with Gasteiger partial charge >= 0.3 is 5.76 Å². The molecule has 4 heteroatoms. The first kappa shape index (κ1) is 11.3. The Labute approximate surface area is 108 Å². The highest BCUT2D eigenvalue weighted by atomic mass is 16.4. The number of fused-ring (bicyclic) bond motifs is 1. The second kappa shape index (κ2) is 4.49. The van der Waals surface area contributed by atoms with Crippen molar-refractivity contribution in [1.29, 1.82) is 0 Å². The van der Waals surface area contributed by atoms with Crippen molar-refractivity contribution in [2.24, 2.45) is 0 Å². The molecule has 0 radical (unpaired) electrons. The van der Waals surface area contributed by atoms with Crippen LogP contribution in [-0.4, -0.2) is 10.8 Å². The van der Waals surface area contributed by atoms with Gasteiger partial charge in [-0.3, -0.25) is 4.79 Å². The third kappa shape index (κ3) is 2.15. The van der Waals surface area contributed by atoms with Crippen molar-refractivity contribution in [3.05, 3.63) is 76.4 Å². The van der Waals surface area contributed by atoms with Gasteiger partial charge in [0.2, 0.25) is 0 Å². The van der Waals surface area contributed by atoms with Crippen LogP contribution in [0, 0.1) is 0 Å². The van der Waals surface area contributed by atoms with Crippen LogP contribution in [0.5, 0.6) is 0 Å². The summed E-state index contributed by atoms with van der Waals surface area (Å²) < 4.78 is 4.97. The van der Waals surface area contributed by atoms with E-state index in [0.29, 0.717) is 22.1 Å². The highest BCUT2D eigenvalue weighted by Crippen LogP contribution is 2.16. The number of ketones is 1. The Bertz CT molecular complexity index is 806. The van der Waals surface area contributed by atoms with E-state index >= 15 is 0 Å². The molecule has 19 heavy (non-hydrogen) atoms. The number of hydrogen-bond acceptors (Lipinski definition) is 4. The molecule has 1 aromatic heterocycles. The minimum Gasteiger partial charge on any atom is -0.408 e. The van der Waals surface area contributed by atoms with Crippen LogP contribution in [0.1, 0.15) is 15.9 Å². The Morgan fingerprint density at radius 1 is 1.00 bits per heavy atom. The SMILES string of the molecule is O=C(c1ccccc1)c1ccc2cnc(=O)oc2c1. The zero-order valence-corrected chi connectivity index (χ0v) is 9.87. The predicted molar refractivity (Wildman–Crippen MR) is 70.2 cm³/mol. The molecule has 0 aliphatic carbocycles. The summed E-state index contributed by atoms with van der Waals surface area (Å²) in [5.74, 6) is -0.779. The number of nitrogens with zero attached hydrogens (tertiary/aromatic N) is 1. The van der Waals surface area contributed by atoms with Gasteiger partial charge in [0.25, 0.3) is 0 Å². The highest BCUT2D eigenvalue weighted by molar-refractivity contribution is 6.10. The molecular weight excluding hydrogens is 242 g/mol. The second-order valence-corrected chi connectivity index (χ2v) is 4.07. The van der Waals surface area contributed by atoms with Crippen molar-refractivity contribution >= 4 is 16.8 Å². The normalized spacial score (nSPS) is 10.5. The van der Waals surface area contributed by atoms with Crippen LogP contribution in [0.3, 0.4) is 0 Å². The van der Waals surface area contributed by atoms with Crippen molar-refractivity contribution in [1.82, 2.24) is 4.98 Å². The first-order valence-corrected chi connectivity index (χ1v) is 5.74. The summed E-state index contributed by atoms with van der Waals surface area (Å²) in [6.45, 7) is 0. The van der Waals surface area contributed by atoms with Crippen molar-refractivity contribution in [3.8, 4) is 0 Å². The van der Waals surface area contributed by atoms with Crippen LogP contribution < -0.4 is 5.76 Å². The molecule has 0 N–H and O–H groups in total. The van der Waals surface area contributed by atoms with Crippen molar-refractivity contribution in [2.75, 3.05) is 0 Å². The fourth-order valence-electron chi connectivity index (χ4n) is 1.87. The number of carbonyl (C=O) groups excluding carboxylic acids is 1. The van der Waals surface area contributed by atoms with Gasteiger partial charge in [0.15, 0.2) is 5.78 Å². The molecule has 3 rings (SSSR count). The molecule has 0 unspecified atom stereocenters. The summed E-state index contributed by atoms with van der Waals surface area (Å²) in [7, 11) is 0. The molecule has 0 bridgehead atoms. The lowest BCUT2D eigenvalue weighted by Crippen LogP contribution is -2.04. The number of hydrogen-bond donors (Lipinski definition) is 0. The molecule has 0 atom stereocenters. The van der Waals surface area contributed by atoms with Gasteiger partial charge in [0.05, 0.1) is 0 Å².